The summed E-state index contributed by atoms with van der Waals surface area (Å²) in [6, 6.07) is 13.4. The van der Waals surface area contributed by atoms with Crippen molar-refractivity contribution in [2.45, 2.75) is 19.4 Å². The molecule has 1 atom stereocenters. The van der Waals surface area contributed by atoms with E-state index in [1.807, 2.05) is 25.3 Å². The van der Waals surface area contributed by atoms with Crippen LogP contribution in [0.1, 0.15) is 22.8 Å². The van der Waals surface area contributed by atoms with E-state index in [0.29, 0.717) is 17.1 Å². The minimum Gasteiger partial charge on any atom is -0.454 e. The van der Waals surface area contributed by atoms with Crippen LogP contribution in [-0.4, -0.2) is 23.7 Å². The zero-order valence-corrected chi connectivity index (χ0v) is 13.3. The molecule has 5 nitrogen and oxygen atoms in total. The molecule has 1 aliphatic heterocycles. The molecule has 2 N–H and O–H groups in total. The first-order valence-electron chi connectivity index (χ1n) is 7.96. The summed E-state index contributed by atoms with van der Waals surface area (Å²) in [6.45, 7) is 2.21. The molecule has 1 aromatic heterocycles. The van der Waals surface area contributed by atoms with Crippen LogP contribution >= 0.6 is 0 Å². The van der Waals surface area contributed by atoms with Gasteiger partial charge in [-0.05, 0) is 43.2 Å². The molecule has 5 heteroatoms. The summed E-state index contributed by atoms with van der Waals surface area (Å²) >= 11 is 0. The number of carbonyl (C=O) groups is 1. The second kappa shape index (κ2) is 5.92. The molecule has 0 fully saturated rings. The number of fused-ring (bicyclic) bond motifs is 2. The molecule has 0 aliphatic carbocycles. The highest BCUT2D eigenvalue weighted by atomic mass is 16.7. The number of aromatic amines is 1. The van der Waals surface area contributed by atoms with E-state index in [0.717, 1.165) is 11.9 Å². The van der Waals surface area contributed by atoms with Gasteiger partial charge in [-0.2, -0.15) is 0 Å². The maximum absolute atomic E-state index is 12.4. The smallest absolute Gasteiger partial charge is 0.251 e. The number of para-hydroxylation sites is 1. The molecule has 4 rings (SSSR count). The second-order valence-corrected chi connectivity index (χ2v) is 6.01. The fraction of sp³-hybridized carbons (Fsp3) is 0.211. The number of carbonyl (C=O) groups excluding carboxylic acids is 1. The Morgan fingerprint density at radius 1 is 1.21 bits per heavy atom. The summed E-state index contributed by atoms with van der Waals surface area (Å²) in [7, 11) is 0. The van der Waals surface area contributed by atoms with Crippen LogP contribution in [0, 0.1) is 0 Å². The number of hydrogen-bond donors (Lipinski definition) is 2. The average molecular weight is 322 g/mol. The van der Waals surface area contributed by atoms with Crippen molar-refractivity contribution in [3.63, 3.8) is 0 Å². The summed E-state index contributed by atoms with van der Waals surface area (Å²) in [4.78, 5) is 15.7. The van der Waals surface area contributed by atoms with E-state index in [1.54, 1.807) is 18.2 Å². The van der Waals surface area contributed by atoms with Crippen LogP contribution in [0.2, 0.25) is 0 Å². The van der Waals surface area contributed by atoms with Gasteiger partial charge in [-0.25, -0.2) is 0 Å². The van der Waals surface area contributed by atoms with Crippen LogP contribution in [0.3, 0.4) is 0 Å². The van der Waals surface area contributed by atoms with Crippen LogP contribution in [0.4, 0.5) is 0 Å². The lowest BCUT2D eigenvalue weighted by Crippen LogP contribution is -2.34. The van der Waals surface area contributed by atoms with E-state index in [4.69, 9.17) is 9.47 Å². The predicted octanol–water partition coefficient (Wildman–Crippen LogP) is 3.26. The summed E-state index contributed by atoms with van der Waals surface area (Å²) < 4.78 is 10.6. The van der Waals surface area contributed by atoms with E-state index in [2.05, 4.69) is 22.4 Å². The van der Waals surface area contributed by atoms with Crippen LogP contribution in [0.25, 0.3) is 10.9 Å². The Morgan fingerprint density at radius 3 is 2.96 bits per heavy atom. The number of rotatable bonds is 4. The normalized spacial score (nSPS) is 13.9. The zero-order valence-electron chi connectivity index (χ0n) is 13.3. The molecule has 0 saturated heterocycles. The largest absolute Gasteiger partial charge is 0.454 e. The number of benzene rings is 2. The Kier molecular flexibility index (Phi) is 3.61. The molecule has 2 heterocycles. The molecule has 1 aliphatic rings. The molecule has 0 bridgehead atoms. The fourth-order valence-corrected chi connectivity index (χ4v) is 3.03. The third kappa shape index (κ3) is 2.69. The molecule has 0 saturated carbocycles. The number of nitrogens with one attached hydrogen (secondary N) is 2. The van der Waals surface area contributed by atoms with E-state index < -0.39 is 0 Å². The van der Waals surface area contributed by atoms with Gasteiger partial charge in [-0.3, -0.25) is 4.79 Å². The van der Waals surface area contributed by atoms with Gasteiger partial charge in [0.15, 0.2) is 11.5 Å². The Bertz CT molecular complexity index is 901. The average Bonchev–Trinajstić information content (AvgIpc) is 3.21. The zero-order chi connectivity index (χ0) is 16.5. The van der Waals surface area contributed by atoms with Crippen molar-refractivity contribution in [1.29, 1.82) is 0 Å². The standard InChI is InChI=1S/C19H18N2O3/c1-12(8-14-10-20-16-5-3-2-4-15(14)16)21-19(22)13-6-7-17-18(9-13)24-11-23-17/h2-7,9-10,12,20H,8,11H2,1H3,(H,21,22)/t12-/m0/s1. The van der Waals surface area contributed by atoms with Crippen molar-refractivity contribution in [3.8, 4) is 11.5 Å². The van der Waals surface area contributed by atoms with Gasteiger partial charge in [0.25, 0.3) is 5.91 Å². The van der Waals surface area contributed by atoms with E-state index in [9.17, 15) is 4.79 Å². The summed E-state index contributed by atoms with van der Waals surface area (Å²) in [5.74, 6) is 1.19. The van der Waals surface area contributed by atoms with Crippen LogP contribution in [0.15, 0.2) is 48.7 Å². The van der Waals surface area contributed by atoms with Gasteiger partial charge in [-0.15, -0.1) is 0 Å². The molecule has 0 unspecified atom stereocenters. The van der Waals surface area contributed by atoms with Gasteiger partial charge >= 0.3 is 0 Å². The highest BCUT2D eigenvalue weighted by Gasteiger charge is 2.17. The lowest BCUT2D eigenvalue weighted by molar-refractivity contribution is 0.0939. The van der Waals surface area contributed by atoms with Gasteiger partial charge in [0, 0.05) is 28.7 Å². The highest BCUT2D eigenvalue weighted by Crippen LogP contribution is 2.32. The van der Waals surface area contributed by atoms with Crippen LogP contribution < -0.4 is 14.8 Å². The minimum atomic E-state index is -0.111. The van der Waals surface area contributed by atoms with Crippen molar-refractivity contribution in [1.82, 2.24) is 10.3 Å². The molecule has 122 valence electrons. The highest BCUT2D eigenvalue weighted by molar-refractivity contribution is 5.95. The molecule has 1 amide bonds. The first-order valence-corrected chi connectivity index (χ1v) is 7.96. The molecule has 3 aromatic rings. The van der Waals surface area contributed by atoms with Crippen molar-refractivity contribution < 1.29 is 14.3 Å². The van der Waals surface area contributed by atoms with Gasteiger partial charge in [-0.1, -0.05) is 18.2 Å². The molecule has 0 spiro atoms. The van der Waals surface area contributed by atoms with Gasteiger partial charge < -0.3 is 19.8 Å². The Balaban J connectivity index is 1.45. The predicted molar refractivity (Wildman–Crippen MR) is 91.5 cm³/mol. The topological polar surface area (TPSA) is 63.4 Å². The van der Waals surface area contributed by atoms with Gasteiger partial charge in [0.2, 0.25) is 6.79 Å². The van der Waals surface area contributed by atoms with Crippen LogP contribution in [-0.2, 0) is 6.42 Å². The number of amides is 1. The number of H-pyrrole nitrogens is 1. The van der Waals surface area contributed by atoms with Crippen molar-refractivity contribution >= 4 is 16.8 Å². The van der Waals surface area contributed by atoms with Crippen molar-refractivity contribution in [3.05, 3.63) is 59.8 Å². The van der Waals surface area contributed by atoms with Gasteiger partial charge in [0.1, 0.15) is 0 Å². The second-order valence-electron chi connectivity index (χ2n) is 6.01. The molecular formula is C19H18N2O3. The number of ether oxygens (including phenoxy) is 2. The lowest BCUT2D eigenvalue weighted by Gasteiger charge is -2.14. The minimum absolute atomic E-state index is 0.0159. The summed E-state index contributed by atoms with van der Waals surface area (Å²) in [5, 5.41) is 4.24. The first-order chi connectivity index (χ1) is 11.7. The van der Waals surface area contributed by atoms with E-state index in [-0.39, 0.29) is 18.7 Å². The van der Waals surface area contributed by atoms with Crippen molar-refractivity contribution in [2.75, 3.05) is 6.79 Å². The quantitative estimate of drug-likeness (QED) is 0.775. The molecule has 0 radical (unpaired) electrons. The van der Waals surface area contributed by atoms with Crippen molar-refractivity contribution in [2.24, 2.45) is 0 Å². The molecule has 2 aromatic carbocycles. The molecular weight excluding hydrogens is 304 g/mol. The lowest BCUT2D eigenvalue weighted by atomic mass is 10.1. The number of hydrogen-bond acceptors (Lipinski definition) is 3. The van der Waals surface area contributed by atoms with Gasteiger partial charge in [0.05, 0.1) is 0 Å². The maximum atomic E-state index is 12.4. The third-order valence-electron chi connectivity index (χ3n) is 4.21. The fourth-order valence-electron chi connectivity index (χ4n) is 3.03. The number of aromatic nitrogens is 1. The first kappa shape index (κ1) is 14.6. The molecule has 24 heavy (non-hydrogen) atoms. The van der Waals surface area contributed by atoms with E-state index >= 15 is 0 Å². The summed E-state index contributed by atoms with van der Waals surface area (Å²) in [5.41, 5.74) is 2.89. The maximum Gasteiger partial charge on any atom is 0.251 e. The summed E-state index contributed by atoms with van der Waals surface area (Å²) in [6.07, 6.45) is 2.77. The Morgan fingerprint density at radius 2 is 2.04 bits per heavy atom. The Hall–Kier alpha value is -2.95. The Labute approximate surface area is 139 Å². The van der Waals surface area contributed by atoms with Crippen LogP contribution in [0.5, 0.6) is 11.5 Å². The van der Waals surface area contributed by atoms with E-state index in [1.165, 1.54) is 10.9 Å². The monoisotopic (exact) mass is 322 g/mol. The SMILES string of the molecule is C[C@@H](Cc1c[nH]c2ccccc12)NC(=O)c1ccc2c(c1)OCO2. The third-order valence-corrected chi connectivity index (χ3v) is 4.21.